The molecule has 0 fully saturated rings. The Hall–Kier alpha value is -1.90. The second-order valence-corrected chi connectivity index (χ2v) is 12.2. The Labute approximate surface area is 190 Å². The van der Waals surface area contributed by atoms with Crippen molar-refractivity contribution < 1.29 is 0 Å². The second-order valence-electron chi connectivity index (χ2n) is 10.3. The van der Waals surface area contributed by atoms with Gasteiger partial charge in [0.1, 0.15) is 0 Å². The van der Waals surface area contributed by atoms with Gasteiger partial charge in [0, 0.05) is 9.75 Å². The van der Waals surface area contributed by atoms with Crippen LogP contribution in [-0.2, 0) is 16.2 Å². The lowest BCUT2D eigenvalue weighted by molar-refractivity contribution is 0.564. The first kappa shape index (κ1) is 21.3. The number of benzene rings is 1. The maximum atomic E-state index is 4.24. The highest BCUT2D eigenvalue weighted by Crippen LogP contribution is 2.60. The van der Waals surface area contributed by atoms with Crippen LogP contribution in [0.15, 0.2) is 65.4 Å². The summed E-state index contributed by atoms with van der Waals surface area (Å²) >= 11 is 3.73. The Morgan fingerprint density at radius 1 is 0.833 bits per heavy atom. The summed E-state index contributed by atoms with van der Waals surface area (Å²) in [5, 5.41) is 4.49. The van der Waals surface area contributed by atoms with Gasteiger partial charge in [0.05, 0.1) is 5.41 Å². The lowest BCUT2D eigenvalue weighted by atomic mass is 9.65. The van der Waals surface area contributed by atoms with E-state index in [1.54, 1.807) is 0 Å². The Kier molecular flexibility index (Phi) is 5.03. The van der Waals surface area contributed by atoms with Crippen LogP contribution in [0.1, 0.15) is 76.3 Å². The summed E-state index contributed by atoms with van der Waals surface area (Å²) in [4.78, 5) is 2.83. The predicted octanol–water partition coefficient (Wildman–Crippen LogP) is 8.85. The maximum absolute atomic E-state index is 4.24. The first-order chi connectivity index (χ1) is 14.0. The van der Waals surface area contributed by atoms with Gasteiger partial charge in [-0.2, -0.15) is 0 Å². The molecule has 0 spiro atoms. The van der Waals surface area contributed by atoms with Crippen molar-refractivity contribution in [1.29, 1.82) is 0 Å². The first-order valence-corrected chi connectivity index (χ1v) is 12.4. The monoisotopic (exact) mass is 432 g/mol. The molecule has 0 saturated heterocycles. The highest BCUT2D eigenvalue weighted by molar-refractivity contribution is 7.21. The van der Waals surface area contributed by atoms with E-state index in [9.17, 15) is 0 Å². The van der Waals surface area contributed by atoms with Gasteiger partial charge >= 0.3 is 0 Å². The third-order valence-corrected chi connectivity index (χ3v) is 8.40. The zero-order valence-corrected chi connectivity index (χ0v) is 20.9. The average molecular weight is 433 g/mol. The molecule has 1 aromatic carbocycles. The molecule has 0 saturated carbocycles. The molecule has 0 radical (unpaired) electrons. The maximum Gasteiger partial charge on any atom is 0.0727 e. The number of fused-ring (bicyclic) bond motifs is 3. The molecule has 0 N–H and O–H groups in total. The van der Waals surface area contributed by atoms with Crippen LogP contribution >= 0.6 is 22.7 Å². The van der Waals surface area contributed by atoms with Crippen molar-refractivity contribution in [1.82, 2.24) is 0 Å². The van der Waals surface area contributed by atoms with Crippen molar-refractivity contribution in [3.05, 3.63) is 93.2 Å². The van der Waals surface area contributed by atoms with Gasteiger partial charge in [-0.15, -0.1) is 22.7 Å². The Morgan fingerprint density at radius 3 is 1.67 bits per heavy atom. The van der Waals surface area contributed by atoms with Crippen molar-refractivity contribution >= 4 is 22.7 Å². The summed E-state index contributed by atoms with van der Waals surface area (Å²) in [5.41, 5.74) is 8.11. The standard InChI is InChI=1S/C28H32S2/c1-9-18(10-2)28(22-11-13-29-24(22)25-23(28)12-14-30-25)21-16-19(26(3,4)5)15-20(17-21)27(6,7)8/h9-17H,1H2,2-8H3/b18-10+. The van der Waals surface area contributed by atoms with E-state index < -0.39 is 0 Å². The molecule has 1 aliphatic rings. The van der Waals surface area contributed by atoms with Crippen LogP contribution in [0.3, 0.4) is 0 Å². The van der Waals surface area contributed by atoms with Crippen LogP contribution < -0.4 is 0 Å². The van der Waals surface area contributed by atoms with Gasteiger partial charge in [-0.3, -0.25) is 0 Å². The van der Waals surface area contributed by atoms with E-state index in [1.807, 2.05) is 22.7 Å². The molecule has 3 aromatic rings. The molecule has 1 aliphatic carbocycles. The van der Waals surface area contributed by atoms with Gasteiger partial charge in [-0.1, -0.05) is 78.5 Å². The minimum absolute atomic E-state index is 0.0784. The first-order valence-electron chi connectivity index (χ1n) is 10.7. The lowest BCUT2D eigenvalue weighted by Gasteiger charge is -2.36. The molecule has 4 rings (SSSR count). The number of hydrogen-bond donors (Lipinski definition) is 0. The largest absolute Gasteiger partial charge is 0.143 e. The smallest absolute Gasteiger partial charge is 0.0727 e. The van der Waals surface area contributed by atoms with Crippen molar-refractivity contribution in [3.63, 3.8) is 0 Å². The highest BCUT2D eigenvalue weighted by Gasteiger charge is 2.48. The topological polar surface area (TPSA) is 0 Å². The molecule has 30 heavy (non-hydrogen) atoms. The van der Waals surface area contributed by atoms with Crippen molar-refractivity contribution in [2.45, 2.75) is 64.7 Å². The van der Waals surface area contributed by atoms with Crippen LogP contribution in [0.25, 0.3) is 9.75 Å². The fraction of sp³-hybridized carbons (Fsp3) is 0.357. The fourth-order valence-corrected chi connectivity index (χ4v) is 6.79. The Balaban J connectivity index is 2.17. The van der Waals surface area contributed by atoms with Gasteiger partial charge in [-0.25, -0.2) is 0 Å². The summed E-state index contributed by atoms with van der Waals surface area (Å²) in [7, 11) is 0. The normalized spacial score (nSPS) is 15.8. The molecule has 2 heteroatoms. The number of rotatable bonds is 3. The summed E-state index contributed by atoms with van der Waals surface area (Å²) in [6, 6.07) is 12.0. The average Bonchev–Trinajstić information content (AvgIpc) is 3.36. The van der Waals surface area contributed by atoms with Crippen LogP contribution in [0.4, 0.5) is 0 Å². The molecule has 0 aliphatic heterocycles. The molecule has 0 nitrogen and oxygen atoms in total. The number of thiophene rings is 2. The number of allylic oxidation sites excluding steroid dienone is 3. The van der Waals surface area contributed by atoms with E-state index in [0.717, 1.165) is 0 Å². The molecule has 0 amide bonds. The highest BCUT2D eigenvalue weighted by atomic mass is 32.1. The molecule has 2 heterocycles. The summed E-state index contributed by atoms with van der Waals surface area (Å²) in [6.07, 6.45) is 4.32. The predicted molar refractivity (Wildman–Crippen MR) is 135 cm³/mol. The zero-order valence-electron chi connectivity index (χ0n) is 19.2. The van der Waals surface area contributed by atoms with E-state index in [2.05, 4.69) is 108 Å². The molecule has 0 bridgehead atoms. The lowest BCUT2D eigenvalue weighted by Crippen LogP contribution is -2.30. The molecule has 156 valence electrons. The van der Waals surface area contributed by atoms with E-state index >= 15 is 0 Å². The van der Waals surface area contributed by atoms with Crippen molar-refractivity contribution in [3.8, 4) is 9.75 Å². The van der Waals surface area contributed by atoms with E-state index in [4.69, 9.17) is 0 Å². The molecule has 0 unspecified atom stereocenters. The van der Waals surface area contributed by atoms with Crippen LogP contribution in [-0.4, -0.2) is 0 Å². The van der Waals surface area contributed by atoms with Crippen LogP contribution in [0.5, 0.6) is 0 Å². The van der Waals surface area contributed by atoms with Gasteiger partial charge in [-0.05, 0) is 74.0 Å². The van der Waals surface area contributed by atoms with Crippen LogP contribution in [0.2, 0.25) is 0 Å². The van der Waals surface area contributed by atoms with Gasteiger partial charge in [0.2, 0.25) is 0 Å². The van der Waals surface area contributed by atoms with Gasteiger partial charge in [0.15, 0.2) is 0 Å². The van der Waals surface area contributed by atoms with Crippen molar-refractivity contribution in [2.24, 2.45) is 0 Å². The zero-order chi connectivity index (χ0) is 21.9. The van der Waals surface area contributed by atoms with Crippen LogP contribution in [0, 0.1) is 0 Å². The third kappa shape index (κ3) is 2.99. The fourth-order valence-electron chi connectivity index (χ4n) is 4.69. The SMILES string of the molecule is C=C/C(=C\C)C1(c2cc(C(C)(C)C)cc(C(C)(C)C)c2)c2ccsc2-c2sccc21. The Morgan fingerprint density at radius 2 is 1.30 bits per heavy atom. The summed E-state index contributed by atoms with van der Waals surface area (Å²) in [6.45, 7) is 20.3. The quantitative estimate of drug-likeness (QED) is 0.363. The molecular weight excluding hydrogens is 400 g/mol. The molecular formula is C28H32S2. The van der Waals surface area contributed by atoms with Gasteiger partial charge < -0.3 is 0 Å². The van der Waals surface area contributed by atoms with Crippen molar-refractivity contribution in [2.75, 3.05) is 0 Å². The minimum Gasteiger partial charge on any atom is -0.143 e. The molecule has 2 aromatic heterocycles. The van der Waals surface area contributed by atoms with E-state index in [1.165, 1.54) is 43.1 Å². The van der Waals surface area contributed by atoms with E-state index in [0.29, 0.717) is 0 Å². The minimum atomic E-state index is -0.289. The second kappa shape index (κ2) is 7.07. The molecule has 0 atom stereocenters. The number of hydrogen-bond acceptors (Lipinski definition) is 2. The Bertz CT molecular complexity index is 1060. The summed E-state index contributed by atoms with van der Waals surface area (Å²) < 4.78 is 0. The third-order valence-electron chi connectivity index (χ3n) is 6.41. The van der Waals surface area contributed by atoms with Gasteiger partial charge in [0.25, 0.3) is 0 Å². The summed E-state index contributed by atoms with van der Waals surface area (Å²) in [5.74, 6) is 0. The van der Waals surface area contributed by atoms with E-state index in [-0.39, 0.29) is 16.2 Å².